The Morgan fingerprint density at radius 3 is 2.74 bits per heavy atom. The molecule has 0 aromatic rings. The quantitative estimate of drug-likeness (QED) is 0.834. The third-order valence-electron chi connectivity index (χ3n) is 3.92. The molecule has 19 heavy (non-hydrogen) atoms. The lowest BCUT2D eigenvalue weighted by Gasteiger charge is -2.36. The number of likely N-dealkylation sites (tertiary alicyclic amines) is 1. The van der Waals surface area contributed by atoms with Gasteiger partial charge in [0.2, 0.25) is 0 Å². The van der Waals surface area contributed by atoms with E-state index in [0.717, 1.165) is 32.2 Å². The van der Waals surface area contributed by atoms with E-state index >= 15 is 0 Å². The van der Waals surface area contributed by atoms with Crippen LogP contribution in [-0.2, 0) is 4.79 Å². The van der Waals surface area contributed by atoms with E-state index in [-0.39, 0.29) is 24.4 Å². The van der Waals surface area contributed by atoms with E-state index in [1.807, 2.05) is 11.9 Å². The van der Waals surface area contributed by atoms with Gasteiger partial charge in [-0.05, 0) is 32.1 Å². The Balaban J connectivity index is 2.53. The van der Waals surface area contributed by atoms with Crippen molar-refractivity contribution in [3.63, 3.8) is 0 Å². The Kier molecular flexibility index (Phi) is 6.12. The summed E-state index contributed by atoms with van der Waals surface area (Å²) in [5, 5.41) is 8.84. The van der Waals surface area contributed by atoms with Gasteiger partial charge in [-0.15, -0.1) is 0 Å². The number of aliphatic carboxylic acids is 1. The van der Waals surface area contributed by atoms with Crippen molar-refractivity contribution in [2.24, 2.45) is 5.92 Å². The highest BCUT2D eigenvalue weighted by atomic mass is 16.4. The van der Waals surface area contributed by atoms with Crippen LogP contribution in [0.1, 0.15) is 46.0 Å². The summed E-state index contributed by atoms with van der Waals surface area (Å²) in [4.78, 5) is 26.7. The fourth-order valence-corrected chi connectivity index (χ4v) is 2.68. The first-order chi connectivity index (χ1) is 8.95. The lowest BCUT2D eigenvalue weighted by molar-refractivity contribution is -0.138. The van der Waals surface area contributed by atoms with Crippen LogP contribution >= 0.6 is 0 Å². The summed E-state index contributed by atoms with van der Waals surface area (Å²) in [5.41, 5.74) is 0. The topological polar surface area (TPSA) is 60.9 Å². The molecule has 0 saturated carbocycles. The standard InChI is InChI=1S/C14H26N2O3/c1-4-6-11(2)15(3)14(19)16-8-5-7-12(10-16)9-13(17)18/h11-12H,4-10H2,1-3H3,(H,17,18). The predicted octanol–water partition coefficient (Wildman–Crippen LogP) is 2.41. The predicted molar refractivity (Wildman–Crippen MR) is 74.1 cm³/mol. The van der Waals surface area contributed by atoms with Crippen molar-refractivity contribution in [2.45, 2.75) is 52.0 Å². The lowest BCUT2D eigenvalue weighted by atomic mass is 9.95. The number of carbonyl (C=O) groups is 2. The Labute approximate surface area is 115 Å². The number of carbonyl (C=O) groups excluding carboxylic acids is 1. The average molecular weight is 270 g/mol. The Bertz CT molecular complexity index is 320. The van der Waals surface area contributed by atoms with Gasteiger partial charge in [0.1, 0.15) is 0 Å². The molecule has 1 saturated heterocycles. The zero-order chi connectivity index (χ0) is 14.4. The van der Waals surface area contributed by atoms with E-state index in [1.54, 1.807) is 4.90 Å². The molecule has 0 aromatic heterocycles. The van der Waals surface area contributed by atoms with Gasteiger partial charge in [0.25, 0.3) is 0 Å². The van der Waals surface area contributed by atoms with Gasteiger partial charge in [0, 0.05) is 32.6 Å². The maximum Gasteiger partial charge on any atom is 0.319 e. The second-order valence-electron chi connectivity index (χ2n) is 5.58. The minimum atomic E-state index is -0.771. The van der Waals surface area contributed by atoms with Crippen molar-refractivity contribution in [2.75, 3.05) is 20.1 Å². The highest BCUT2D eigenvalue weighted by molar-refractivity contribution is 5.74. The number of urea groups is 1. The van der Waals surface area contributed by atoms with Gasteiger partial charge in [-0.25, -0.2) is 4.79 Å². The van der Waals surface area contributed by atoms with Gasteiger partial charge in [0.15, 0.2) is 0 Å². The van der Waals surface area contributed by atoms with Crippen LogP contribution in [0.4, 0.5) is 4.79 Å². The van der Waals surface area contributed by atoms with Crippen molar-refractivity contribution in [3.8, 4) is 0 Å². The maximum absolute atomic E-state index is 12.4. The molecule has 0 radical (unpaired) electrons. The Morgan fingerprint density at radius 2 is 2.16 bits per heavy atom. The van der Waals surface area contributed by atoms with Crippen LogP contribution < -0.4 is 0 Å². The van der Waals surface area contributed by atoms with Crippen LogP contribution in [0.15, 0.2) is 0 Å². The monoisotopic (exact) mass is 270 g/mol. The summed E-state index contributed by atoms with van der Waals surface area (Å²) in [7, 11) is 1.84. The molecule has 1 aliphatic rings. The SMILES string of the molecule is CCCC(C)N(C)C(=O)N1CCCC(CC(=O)O)C1. The van der Waals surface area contributed by atoms with Gasteiger partial charge in [-0.1, -0.05) is 13.3 Å². The van der Waals surface area contributed by atoms with Gasteiger partial charge >= 0.3 is 12.0 Å². The van der Waals surface area contributed by atoms with Gasteiger partial charge in [0.05, 0.1) is 0 Å². The van der Waals surface area contributed by atoms with Gasteiger partial charge in [-0.3, -0.25) is 4.79 Å². The van der Waals surface area contributed by atoms with E-state index in [4.69, 9.17) is 5.11 Å². The van der Waals surface area contributed by atoms with Crippen molar-refractivity contribution in [3.05, 3.63) is 0 Å². The maximum atomic E-state index is 12.4. The molecular formula is C14H26N2O3. The fraction of sp³-hybridized carbons (Fsp3) is 0.857. The van der Waals surface area contributed by atoms with E-state index in [1.165, 1.54) is 0 Å². The number of rotatable bonds is 5. The number of carboxylic acid groups (broad SMARTS) is 1. The summed E-state index contributed by atoms with van der Waals surface area (Å²) >= 11 is 0. The van der Waals surface area contributed by atoms with Crippen molar-refractivity contribution in [1.82, 2.24) is 9.80 Å². The molecule has 2 unspecified atom stereocenters. The summed E-state index contributed by atoms with van der Waals surface area (Å²) < 4.78 is 0. The zero-order valence-corrected chi connectivity index (χ0v) is 12.3. The molecule has 1 N–H and O–H groups in total. The van der Waals surface area contributed by atoms with Crippen LogP contribution in [0, 0.1) is 5.92 Å². The molecule has 0 spiro atoms. The lowest BCUT2D eigenvalue weighted by Crippen LogP contribution is -2.49. The highest BCUT2D eigenvalue weighted by Gasteiger charge is 2.28. The largest absolute Gasteiger partial charge is 0.481 e. The third kappa shape index (κ3) is 4.73. The molecule has 1 rings (SSSR count). The van der Waals surface area contributed by atoms with Crippen molar-refractivity contribution in [1.29, 1.82) is 0 Å². The smallest absolute Gasteiger partial charge is 0.319 e. The second-order valence-corrected chi connectivity index (χ2v) is 5.58. The van der Waals surface area contributed by atoms with Crippen LogP contribution in [0.5, 0.6) is 0 Å². The van der Waals surface area contributed by atoms with E-state index < -0.39 is 5.97 Å². The molecule has 1 aliphatic heterocycles. The second kappa shape index (κ2) is 7.36. The number of hydrogen-bond acceptors (Lipinski definition) is 2. The first-order valence-corrected chi connectivity index (χ1v) is 7.19. The molecule has 1 fully saturated rings. The molecule has 2 amide bonds. The van der Waals surface area contributed by atoms with Crippen LogP contribution in [-0.4, -0.2) is 53.1 Å². The number of carboxylic acids is 1. The summed E-state index contributed by atoms with van der Waals surface area (Å²) in [6, 6.07) is 0.272. The van der Waals surface area contributed by atoms with Crippen LogP contribution in [0.2, 0.25) is 0 Å². The molecule has 5 nitrogen and oxygen atoms in total. The van der Waals surface area contributed by atoms with Crippen molar-refractivity contribution < 1.29 is 14.7 Å². The molecule has 5 heteroatoms. The Morgan fingerprint density at radius 1 is 1.47 bits per heavy atom. The summed E-state index contributed by atoms with van der Waals surface area (Å²) in [6.45, 7) is 5.49. The zero-order valence-electron chi connectivity index (χ0n) is 12.3. The fourth-order valence-electron chi connectivity index (χ4n) is 2.68. The minimum Gasteiger partial charge on any atom is -0.481 e. The minimum absolute atomic E-state index is 0.0380. The van der Waals surface area contributed by atoms with Gasteiger partial charge < -0.3 is 14.9 Å². The van der Waals surface area contributed by atoms with Crippen LogP contribution in [0.25, 0.3) is 0 Å². The number of nitrogens with zero attached hydrogens (tertiary/aromatic N) is 2. The normalized spacial score (nSPS) is 21.0. The van der Waals surface area contributed by atoms with Gasteiger partial charge in [-0.2, -0.15) is 0 Å². The molecule has 0 bridgehead atoms. The molecular weight excluding hydrogens is 244 g/mol. The first-order valence-electron chi connectivity index (χ1n) is 7.19. The number of amides is 2. The Hall–Kier alpha value is -1.26. The molecule has 1 heterocycles. The number of hydrogen-bond donors (Lipinski definition) is 1. The van der Waals surface area contributed by atoms with Crippen LogP contribution in [0.3, 0.4) is 0 Å². The molecule has 110 valence electrons. The van der Waals surface area contributed by atoms with E-state index in [0.29, 0.717) is 6.54 Å². The average Bonchev–Trinajstić information content (AvgIpc) is 2.36. The van der Waals surface area contributed by atoms with E-state index in [2.05, 4.69) is 13.8 Å². The highest BCUT2D eigenvalue weighted by Crippen LogP contribution is 2.21. The third-order valence-corrected chi connectivity index (χ3v) is 3.92. The molecule has 0 aliphatic carbocycles. The van der Waals surface area contributed by atoms with Crippen molar-refractivity contribution >= 4 is 12.0 Å². The van der Waals surface area contributed by atoms with E-state index in [9.17, 15) is 9.59 Å². The summed E-state index contributed by atoms with van der Waals surface area (Å²) in [5.74, 6) is -0.669. The molecule has 0 aromatic carbocycles. The first kappa shape index (κ1) is 15.8. The number of piperidine rings is 1. The summed E-state index contributed by atoms with van der Waals surface area (Å²) in [6.07, 6.45) is 4.02. The molecule has 2 atom stereocenters.